The van der Waals surface area contributed by atoms with Crippen molar-refractivity contribution >= 4 is 39.5 Å². The van der Waals surface area contributed by atoms with Crippen LogP contribution in [0.5, 0.6) is 0 Å². The first-order chi connectivity index (χ1) is 49.3. The standard InChI is InChI=1S/C83H162O17P2/c1-8-10-11-12-13-14-15-16-17-18-19-20-21-25-28-31-34-37-42-50-57-64-80(85)93-70-78(99-82(87)66-59-52-43-38-35-32-29-26-23-22-24-27-30-33-36-41-49-56-63-76(7)9-2)72-97-101(89,90)95-68-77(84)69-96-102(91,92)98-73-79(71-94-81(86)65-58-51-46-45-48-55-62-75(5)6)100-83(88)67-60-53-44-39-40-47-54-61-74(3)4/h74-79,84H,8-73H2,1-7H3,(H,89,90)(H,91,92)/t76?,77-,78-,79-/m1/s1. The molecule has 0 spiro atoms. The van der Waals surface area contributed by atoms with Crippen LogP contribution >= 0.6 is 15.6 Å². The Bertz CT molecular complexity index is 1980. The van der Waals surface area contributed by atoms with Crippen LogP contribution in [0.2, 0.25) is 0 Å². The van der Waals surface area contributed by atoms with Gasteiger partial charge >= 0.3 is 39.5 Å². The van der Waals surface area contributed by atoms with Gasteiger partial charge in [0, 0.05) is 25.7 Å². The second-order valence-corrected chi connectivity index (χ2v) is 34.0. The molecule has 0 aliphatic carbocycles. The lowest BCUT2D eigenvalue weighted by Gasteiger charge is -2.21. The summed E-state index contributed by atoms with van der Waals surface area (Å²) < 4.78 is 68.6. The van der Waals surface area contributed by atoms with Gasteiger partial charge in [-0.3, -0.25) is 37.3 Å². The number of unbranched alkanes of at least 4 members (excludes halogenated alkanes) is 48. The van der Waals surface area contributed by atoms with E-state index in [4.69, 9.17) is 37.0 Å². The zero-order valence-corrected chi connectivity index (χ0v) is 68.9. The number of phosphoric ester groups is 2. The van der Waals surface area contributed by atoms with Gasteiger partial charge in [-0.15, -0.1) is 0 Å². The fourth-order valence-electron chi connectivity index (χ4n) is 12.8. The molecular formula is C83H162O17P2. The van der Waals surface area contributed by atoms with Crippen molar-refractivity contribution in [1.29, 1.82) is 0 Å². The van der Waals surface area contributed by atoms with Crippen molar-refractivity contribution in [3.05, 3.63) is 0 Å². The van der Waals surface area contributed by atoms with Gasteiger partial charge in [-0.25, -0.2) is 9.13 Å². The van der Waals surface area contributed by atoms with E-state index in [-0.39, 0.29) is 25.7 Å². The first-order valence-corrected chi connectivity index (χ1v) is 45.9. The van der Waals surface area contributed by atoms with Gasteiger partial charge in [-0.05, 0) is 43.4 Å². The van der Waals surface area contributed by atoms with Crippen LogP contribution in [0.4, 0.5) is 0 Å². The fourth-order valence-corrected chi connectivity index (χ4v) is 14.4. The Morgan fingerprint density at radius 1 is 0.284 bits per heavy atom. The van der Waals surface area contributed by atoms with Crippen LogP contribution in [-0.2, 0) is 65.4 Å². The van der Waals surface area contributed by atoms with Crippen LogP contribution in [0, 0.1) is 17.8 Å². The highest BCUT2D eigenvalue weighted by atomic mass is 31.2. The highest BCUT2D eigenvalue weighted by Crippen LogP contribution is 2.45. The Labute approximate surface area is 626 Å². The van der Waals surface area contributed by atoms with Gasteiger partial charge in [0.05, 0.1) is 26.4 Å². The summed E-state index contributed by atoms with van der Waals surface area (Å²) in [6.45, 7) is 11.9. The minimum atomic E-state index is -4.96. The molecule has 19 heteroatoms. The summed E-state index contributed by atoms with van der Waals surface area (Å²) in [4.78, 5) is 72.9. The molecule has 3 unspecified atom stereocenters. The predicted octanol–water partition coefficient (Wildman–Crippen LogP) is 24.9. The van der Waals surface area contributed by atoms with Gasteiger partial charge in [0.1, 0.15) is 19.3 Å². The lowest BCUT2D eigenvalue weighted by atomic mass is 9.99. The molecular weight excluding hydrogens is 1330 g/mol. The molecule has 0 bridgehead atoms. The van der Waals surface area contributed by atoms with Crippen LogP contribution in [0.1, 0.15) is 434 Å². The van der Waals surface area contributed by atoms with E-state index in [2.05, 4.69) is 48.5 Å². The Balaban J connectivity index is 5.16. The molecule has 0 rings (SSSR count). The molecule has 3 N–H and O–H groups in total. The van der Waals surface area contributed by atoms with Crippen molar-refractivity contribution in [2.75, 3.05) is 39.6 Å². The Kier molecular flexibility index (Phi) is 71.8. The second-order valence-electron chi connectivity index (χ2n) is 31.1. The number of carbonyl (C=O) groups is 4. The smallest absolute Gasteiger partial charge is 0.462 e. The molecule has 0 aromatic rings. The molecule has 6 atom stereocenters. The van der Waals surface area contributed by atoms with Crippen LogP contribution in [0.3, 0.4) is 0 Å². The van der Waals surface area contributed by atoms with E-state index < -0.39 is 97.5 Å². The van der Waals surface area contributed by atoms with Gasteiger partial charge in [-0.1, -0.05) is 382 Å². The number of esters is 4. The maximum atomic E-state index is 13.1. The van der Waals surface area contributed by atoms with Crippen LogP contribution in [-0.4, -0.2) is 96.7 Å². The minimum absolute atomic E-state index is 0.103. The first-order valence-electron chi connectivity index (χ1n) is 42.9. The number of aliphatic hydroxyl groups excluding tert-OH is 1. The Morgan fingerprint density at radius 2 is 0.500 bits per heavy atom. The van der Waals surface area contributed by atoms with E-state index in [1.165, 1.54) is 238 Å². The molecule has 0 aromatic carbocycles. The number of hydrogen-bond acceptors (Lipinski definition) is 15. The highest BCUT2D eigenvalue weighted by Gasteiger charge is 2.30. The maximum Gasteiger partial charge on any atom is 0.472 e. The largest absolute Gasteiger partial charge is 0.472 e. The SMILES string of the molecule is CCCCCCCCCCCCCCCCCCCCCCCC(=O)OC[C@H](COP(=O)(O)OC[C@@H](O)COP(=O)(O)OC[C@@H](COC(=O)CCCCCCCCC(C)C)OC(=O)CCCCCCCCCC(C)C)OC(=O)CCCCCCCCCCCCCCCCCCCCC(C)CC. The number of hydrogen-bond donors (Lipinski definition) is 3. The van der Waals surface area contributed by atoms with E-state index >= 15 is 0 Å². The summed E-state index contributed by atoms with van der Waals surface area (Å²) in [5.41, 5.74) is 0. The van der Waals surface area contributed by atoms with Crippen molar-refractivity contribution in [1.82, 2.24) is 0 Å². The molecule has 102 heavy (non-hydrogen) atoms. The second kappa shape index (κ2) is 73.2. The average molecular weight is 1490 g/mol. The zero-order valence-electron chi connectivity index (χ0n) is 67.1. The average Bonchev–Trinajstić information content (AvgIpc) is 0.923. The monoisotopic (exact) mass is 1490 g/mol. The predicted molar refractivity (Wildman–Crippen MR) is 418 cm³/mol. The Hall–Kier alpha value is -1.94. The van der Waals surface area contributed by atoms with Gasteiger partial charge in [0.25, 0.3) is 0 Å². The number of ether oxygens (including phenoxy) is 4. The first kappa shape index (κ1) is 100. The number of aliphatic hydroxyl groups is 1. The molecule has 0 fully saturated rings. The van der Waals surface area contributed by atoms with Crippen molar-refractivity contribution in [2.24, 2.45) is 17.8 Å². The molecule has 0 aromatic heterocycles. The van der Waals surface area contributed by atoms with Crippen molar-refractivity contribution in [2.45, 2.75) is 452 Å². The number of carbonyl (C=O) groups excluding carboxylic acids is 4. The van der Waals surface area contributed by atoms with Gasteiger partial charge in [0.2, 0.25) is 0 Å². The van der Waals surface area contributed by atoms with Gasteiger partial charge < -0.3 is 33.8 Å². The zero-order chi connectivity index (χ0) is 75.1. The number of rotatable bonds is 81. The van der Waals surface area contributed by atoms with Crippen LogP contribution in [0.25, 0.3) is 0 Å². The van der Waals surface area contributed by atoms with Gasteiger partial charge in [0.15, 0.2) is 12.2 Å². The third-order valence-electron chi connectivity index (χ3n) is 19.7. The van der Waals surface area contributed by atoms with Gasteiger partial charge in [-0.2, -0.15) is 0 Å². The molecule has 0 amide bonds. The normalized spacial score (nSPS) is 14.2. The topological polar surface area (TPSA) is 237 Å². The summed E-state index contributed by atoms with van der Waals surface area (Å²) in [5, 5.41) is 10.6. The summed E-state index contributed by atoms with van der Waals surface area (Å²) in [6.07, 6.45) is 63.0. The summed E-state index contributed by atoms with van der Waals surface area (Å²) in [7, 11) is -9.92. The quantitative estimate of drug-likeness (QED) is 0.0222. The third kappa shape index (κ3) is 74.9. The van der Waals surface area contributed by atoms with E-state index in [1.54, 1.807) is 0 Å². The summed E-state index contributed by atoms with van der Waals surface area (Å²) in [6, 6.07) is 0. The number of phosphoric acid groups is 2. The molecule has 0 aliphatic rings. The molecule has 0 heterocycles. The lowest BCUT2D eigenvalue weighted by molar-refractivity contribution is -0.161. The lowest BCUT2D eigenvalue weighted by Crippen LogP contribution is -2.30. The third-order valence-corrected chi connectivity index (χ3v) is 21.6. The molecule has 17 nitrogen and oxygen atoms in total. The molecule has 0 saturated carbocycles. The van der Waals surface area contributed by atoms with E-state index in [0.717, 1.165) is 102 Å². The highest BCUT2D eigenvalue weighted by molar-refractivity contribution is 7.47. The van der Waals surface area contributed by atoms with E-state index in [0.29, 0.717) is 37.5 Å². The summed E-state index contributed by atoms with van der Waals surface area (Å²) in [5.74, 6) is 0.130. The molecule has 0 saturated heterocycles. The molecule has 0 aliphatic heterocycles. The maximum absolute atomic E-state index is 13.1. The van der Waals surface area contributed by atoms with Crippen molar-refractivity contribution < 1.29 is 80.2 Å². The van der Waals surface area contributed by atoms with E-state index in [1.807, 2.05) is 0 Å². The minimum Gasteiger partial charge on any atom is -0.462 e. The van der Waals surface area contributed by atoms with Crippen LogP contribution in [0.15, 0.2) is 0 Å². The fraction of sp³-hybridized carbons (Fsp3) is 0.952. The summed E-state index contributed by atoms with van der Waals surface area (Å²) >= 11 is 0. The van der Waals surface area contributed by atoms with Crippen LogP contribution < -0.4 is 0 Å². The molecule has 0 radical (unpaired) electrons. The Morgan fingerprint density at radius 3 is 0.745 bits per heavy atom. The van der Waals surface area contributed by atoms with E-state index in [9.17, 15) is 43.2 Å². The molecule has 606 valence electrons. The van der Waals surface area contributed by atoms with Crippen molar-refractivity contribution in [3.63, 3.8) is 0 Å². The van der Waals surface area contributed by atoms with Crippen molar-refractivity contribution in [3.8, 4) is 0 Å².